The molecule has 0 bridgehead atoms. The third-order valence-electron chi connectivity index (χ3n) is 3.57. The largest absolute Gasteiger partial charge is 0.282 e. The normalized spacial score (nSPS) is 18.2. The molecule has 0 saturated carbocycles. The maximum Gasteiger partial charge on any atom is 0.262 e. The molecule has 0 saturated heterocycles. The summed E-state index contributed by atoms with van der Waals surface area (Å²) in [7, 11) is 0. The second-order valence-electron chi connectivity index (χ2n) is 4.84. The second-order valence-corrected chi connectivity index (χ2v) is 4.84. The van der Waals surface area contributed by atoms with Crippen molar-refractivity contribution >= 4 is 22.7 Å². The summed E-state index contributed by atoms with van der Waals surface area (Å²) in [6.07, 6.45) is 0. The first-order chi connectivity index (χ1) is 9.50. The average molecular weight is 271 g/mol. The highest BCUT2D eigenvalue weighted by molar-refractivity contribution is 5.96. The molecular formula is C14H13N3O3. The van der Waals surface area contributed by atoms with E-state index < -0.39 is 6.04 Å². The molecule has 1 aliphatic heterocycles. The van der Waals surface area contributed by atoms with Crippen LogP contribution in [0.5, 0.6) is 0 Å². The fourth-order valence-corrected chi connectivity index (χ4v) is 2.52. The molecule has 20 heavy (non-hydrogen) atoms. The summed E-state index contributed by atoms with van der Waals surface area (Å²) in [5.74, 6) is -0.268. The fraction of sp³-hybridized carbons (Fsp3) is 0.286. The summed E-state index contributed by atoms with van der Waals surface area (Å²) in [4.78, 5) is 41.6. The minimum Gasteiger partial charge on any atom is -0.282 e. The van der Waals surface area contributed by atoms with Gasteiger partial charge in [0.05, 0.1) is 17.4 Å². The monoisotopic (exact) mass is 271 g/mol. The first-order valence-electron chi connectivity index (χ1n) is 6.33. The van der Waals surface area contributed by atoms with Gasteiger partial charge in [-0.25, -0.2) is 4.98 Å². The number of hydrogen-bond acceptors (Lipinski definition) is 4. The third kappa shape index (κ3) is 1.65. The summed E-state index contributed by atoms with van der Waals surface area (Å²) in [5, 5.41) is 0.479. The zero-order valence-corrected chi connectivity index (χ0v) is 11.2. The molecule has 0 spiro atoms. The highest BCUT2D eigenvalue weighted by atomic mass is 16.2. The summed E-state index contributed by atoms with van der Waals surface area (Å²) in [6.45, 7) is 2.98. The topological polar surface area (TPSA) is 72.3 Å². The van der Waals surface area contributed by atoms with Gasteiger partial charge in [0, 0.05) is 6.92 Å². The van der Waals surface area contributed by atoms with E-state index in [0.29, 0.717) is 16.7 Å². The number of nitrogens with zero attached hydrogens (tertiary/aromatic N) is 3. The van der Waals surface area contributed by atoms with Gasteiger partial charge in [-0.05, 0) is 19.1 Å². The highest BCUT2D eigenvalue weighted by Gasteiger charge is 2.34. The Bertz CT molecular complexity index is 794. The molecule has 3 rings (SSSR count). The third-order valence-corrected chi connectivity index (χ3v) is 3.57. The molecule has 6 heteroatoms. The maximum atomic E-state index is 12.5. The van der Waals surface area contributed by atoms with Crippen LogP contribution < -0.4 is 5.56 Å². The lowest BCUT2D eigenvalue weighted by Crippen LogP contribution is -2.48. The van der Waals surface area contributed by atoms with Gasteiger partial charge < -0.3 is 0 Å². The Morgan fingerprint density at radius 2 is 2.00 bits per heavy atom. The van der Waals surface area contributed by atoms with Crippen LogP contribution in [-0.2, 0) is 16.1 Å². The van der Waals surface area contributed by atoms with E-state index in [1.807, 2.05) is 0 Å². The van der Waals surface area contributed by atoms with Crippen LogP contribution in [0.25, 0.3) is 10.9 Å². The first kappa shape index (κ1) is 12.5. The molecule has 2 heterocycles. The van der Waals surface area contributed by atoms with Gasteiger partial charge in [0.1, 0.15) is 11.9 Å². The average Bonchev–Trinajstić information content (AvgIpc) is 2.42. The van der Waals surface area contributed by atoms with Crippen LogP contribution in [0.15, 0.2) is 29.1 Å². The Morgan fingerprint density at radius 1 is 1.30 bits per heavy atom. The Labute approximate surface area is 114 Å². The molecule has 0 unspecified atom stereocenters. The fourth-order valence-electron chi connectivity index (χ4n) is 2.52. The van der Waals surface area contributed by atoms with Gasteiger partial charge in [0.25, 0.3) is 11.5 Å². The van der Waals surface area contributed by atoms with Crippen LogP contribution in [0.3, 0.4) is 0 Å². The summed E-state index contributed by atoms with van der Waals surface area (Å²) >= 11 is 0. The van der Waals surface area contributed by atoms with E-state index in [1.165, 1.54) is 11.5 Å². The van der Waals surface area contributed by atoms with Crippen molar-refractivity contribution in [2.45, 2.75) is 26.4 Å². The Morgan fingerprint density at radius 3 is 2.70 bits per heavy atom. The smallest absolute Gasteiger partial charge is 0.262 e. The van der Waals surface area contributed by atoms with E-state index >= 15 is 0 Å². The van der Waals surface area contributed by atoms with Crippen LogP contribution in [0.4, 0.5) is 0 Å². The predicted octanol–water partition coefficient (Wildman–Crippen LogP) is 0.846. The number of amides is 2. The minimum atomic E-state index is -0.716. The molecule has 0 aliphatic carbocycles. The van der Waals surface area contributed by atoms with Crippen molar-refractivity contribution in [2.24, 2.45) is 0 Å². The first-order valence-corrected chi connectivity index (χ1v) is 6.33. The zero-order valence-electron chi connectivity index (χ0n) is 11.2. The van der Waals surface area contributed by atoms with Crippen LogP contribution in [-0.4, -0.2) is 26.3 Å². The van der Waals surface area contributed by atoms with E-state index in [1.54, 1.807) is 31.2 Å². The highest BCUT2D eigenvalue weighted by Crippen LogP contribution is 2.21. The van der Waals surface area contributed by atoms with Crippen LogP contribution in [0.1, 0.15) is 25.7 Å². The lowest BCUT2D eigenvalue weighted by atomic mass is 10.1. The molecule has 2 amide bonds. The van der Waals surface area contributed by atoms with Crippen molar-refractivity contribution in [1.82, 2.24) is 14.5 Å². The lowest BCUT2D eigenvalue weighted by molar-refractivity contribution is -0.148. The minimum absolute atomic E-state index is 0.0403. The number of fused-ring (bicyclic) bond motifs is 2. The number of para-hydroxylation sites is 1. The van der Waals surface area contributed by atoms with Gasteiger partial charge in [0.2, 0.25) is 5.91 Å². The SMILES string of the molecule is CC(=O)N1Cc2nc3ccccc3c(=O)n2[C@H](C)C1=O. The summed E-state index contributed by atoms with van der Waals surface area (Å²) in [6, 6.07) is 6.28. The summed E-state index contributed by atoms with van der Waals surface area (Å²) < 4.78 is 1.38. The van der Waals surface area contributed by atoms with Crippen molar-refractivity contribution < 1.29 is 9.59 Å². The molecule has 0 N–H and O–H groups in total. The van der Waals surface area contributed by atoms with Crippen molar-refractivity contribution in [3.8, 4) is 0 Å². The molecule has 1 aliphatic rings. The van der Waals surface area contributed by atoms with Crippen molar-refractivity contribution in [3.63, 3.8) is 0 Å². The lowest BCUT2D eigenvalue weighted by Gasteiger charge is -2.31. The van der Waals surface area contributed by atoms with Crippen molar-refractivity contribution in [3.05, 3.63) is 40.4 Å². The van der Waals surface area contributed by atoms with Crippen LogP contribution in [0, 0.1) is 0 Å². The van der Waals surface area contributed by atoms with Gasteiger partial charge in [-0.1, -0.05) is 12.1 Å². The Kier molecular flexibility index (Phi) is 2.67. The molecular weight excluding hydrogens is 258 g/mol. The number of carbonyl (C=O) groups is 2. The van der Waals surface area contributed by atoms with E-state index in [9.17, 15) is 14.4 Å². The van der Waals surface area contributed by atoms with Gasteiger partial charge in [0.15, 0.2) is 0 Å². The molecule has 1 aromatic heterocycles. The molecule has 1 atom stereocenters. The van der Waals surface area contributed by atoms with Gasteiger partial charge in [-0.2, -0.15) is 0 Å². The van der Waals surface area contributed by atoms with E-state index in [4.69, 9.17) is 0 Å². The molecule has 1 aromatic carbocycles. The second kappa shape index (κ2) is 4.26. The number of hydrogen-bond donors (Lipinski definition) is 0. The quantitative estimate of drug-likeness (QED) is 0.712. The number of carbonyl (C=O) groups excluding carboxylic acids is 2. The van der Waals surface area contributed by atoms with Crippen LogP contribution >= 0.6 is 0 Å². The van der Waals surface area contributed by atoms with E-state index in [2.05, 4.69) is 4.98 Å². The predicted molar refractivity (Wildman–Crippen MR) is 71.9 cm³/mol. The Balaban J connectivity index is 2.30. The van der Waals surface area contributed by atoms with Gasteiger partial charge in [-0.15, -0.1) is 0 Å². The molecule has 2 aromatic rings. The van der Waals surface area contributed by atoms with Gasteiger partial charge >= 0.3 is 0 Å². The number of rotatable bonds is 0. The van der Waals surface area contributed by atoms with Crippen molar-refractivity contribution in [1.29, 1.82) is 0 Å². The molecule has 0 radical (unpaired) electrons. The van der Waals surface area contributed by atoms with Gasteiger partial charge in [-0.3, -0.25) is 23.9 Å². The number of aromatic nitrogens is 2. The zero-order chi connectivity index (χ0) is 14.4. The number of imide groups is 1. The molecule has 0 fully saturated rings. The molecule has 102 valence electrons. The van der Waals surface area contributed by atoms with Crippen LogP contribution in [0.2, 0.25) is 0 Å². The molecule has 6 nitrogen and oxygen atoms in total. The summed E-state index contributed by atoms with van der Waals surface area (Å²) in [5.41, 5.74) is 0.337. The standard InChI is InChI=1S/C14H13N3O3/c1-8-13(19)16(9(2)18)7-12-15-11-6-4-3-5-10(11)14(20)17(8)12/h3-6,8H,7H2,1-2H3/t8-/m1/s1. The van der Waals surface area contributed by atoms with E-state index in [-0.39, 0.29) is 23.9 Å². The van der Waals surface area contributed by atoms with Crippen molar-refractivity contribution in [2.75, 3.05) is 0 Å². The maximum absolute atomic E-state index is 12.5. The number of benzene rings is 1. The Hall–Kier alpha value is -2.50. The van der Waals surface area contributed by atoms with E-state index in [0.717, 1.165) is 4.90 Å².